The van der Waals surface area contributed by atoms with Gasteiger partial charge in [-0.2, -0.15) is 5.26 Å². The molecule has 1 saturated heterocycles. The van der Waals surface area contributed by atoms with Gasteiger partial charge in [0.25, 0.3) is 0 Å². The van der Waals surface area contributed by atoms with Crippen LogP contribution in [0.5, 0.6) is 0 Å². The molecular weight excluding hydrogens is 382 g/mol. The summed E-state index contributed by atoms with van der Waals surface area (Å²) in [6.07, 6.45) is 5.37. The van der Waals surface area contributed by atoms with Crippen LogP contribution in [0.15, 0.2) is 24.4 Å². The summed E-state index contributed by atoms with van der Waals surface area (Å²) in [4.78, 5) is 22.8. The topological polar surface area (TPSA) is 72.3 Å². The van der Waals surface area contributed by atoms with E-state index in [9.17, 15) is 10.1 Å². The van der Waals surface area contributed by atoms with Gasteiger partial charge in [-0.1, -0.05) is 13.0 Å². The first-order valence-corrected chi connectivity index (χ1v) is 11.2. The summed E-state index contributed by atoms with van der Waals surface area (Å²) in [5.41, 5.74) is 1.85. The zero-order chi connectivity index (χ0) is 20.2. The molecule has 1 N–H and O–H groups in total. The Labute approximate surface area is 176 Å². The van der Waals surface area contributed by atoms with Crippen LogP contribution in [0.4, 0.5) is 10.8 Å². The summed E-state index contributed by atoms with van der Waals surface area (Å²) in [6, 6.07) is 8.31. The molecule has 2 aromatic heterocycles. The van der Waals surface area contributed by atoms with Crippen LogP contribution >= 0.6 is 11.3 Å². The van der Waals surface area contributed by atoms with E-state index in [0.29, 0.717) is 17.9 Å². The maximum atomic E-state index is 12.5. The van der Waals surface area contributed by atoms with Crippen LogP contribution in [0.25, 0.3) is 0 Å². The zero-order valence-electron chi connectivity index (χ0n) is 16.9. The standard InChI is InChI=1S/C22H27N5OS/c1-16-5-6-17-18(15-23)22(29-19(17)14-16)25-21(28)7-9-26-10-12-27(13-11-26)20-4-2-3-8-24-20/h2-4,8,16H,5-7,9-14H2,1H3,(H,25,28)/t16-/m1/s1. The van der Waals surface area contributed by atoms with Crippen LogP contribution in [0.1, 0.15) is 35.8 Å². The fraction of sp³-hybridized carbons (Fsp3) is 0.500. The molecule has 3 heterocycles. The molecule has 152 valence electrons. The molecule has 1 amide bonds. The number of amides is 1. The Bertz CT molecular complexity index is 896. The predicted octanol–water partition coefficient (Wildman–Crippen LogP) is 3.29. The Morgan fingerprint density at radius 3 is 2.90 bits per heavy atom. The van der Waals surface area contributed by atoms with Crippen LogP contribution < -0.4 is 10.2 Å². The van der Waals surface area contributed by atoms with Gasteiger partial charge < -0.3 is 10.2 Å². The molecule has 0 spiro atoms. The minimum absolute atomic E-state index is 0.000279. The van der Waals surface area contributed by atoms with Crippen molar-refractivity contribution in [2.24, 2.45) is 5.92 Å². The first kappa shape index (κ1) is 19.9. The Morgan fingerprint density at radius 2 is 2.17 bits per heavy atom. The Balaban J connectivity index is 1.28. The van der Waals surface area contributed by atoms with E-state index in [1.807, 2.05) is 24.4 Å². The second-order valence-corrected chi connectivity index (χ2v) is 9.09. The molecule has 0 aromatic carbocycles. The van der Waals surface area contributed by atoms with Crippen molar-refractivity contribution in [1.82, 2.24) is 9.88 Å². The molecule has 2 aliphatic rings. The molecule has 1 fully saturated rings. The van der Waals surface area contributed by atoms with Crippen molar-refractivity contribution in [2.75, 3.05) is 42.9 Å². The molecule has 1 aliphatic heterocycles. The van der Waals surface area contributed by atoms with Gasteiger partial charge in [-0.05, 0) is 42.9 Å². The largest absolute Gasteiger partial charge is 0.354 e. The van der Waals surface area contributed by atoms with Gasteiger partial charge in [-0.25, -0.2) is 4.98 Å². The number of hydrogen-bond donors (Lipinski definition) is 1. The Hall–Kier alpha value is -2.43. The highest BCUT2D eigenvalue weighted by molar-refractivity contribution is 7.16. The highest BCUT2D eigenvalue weighted by Gasteiger charge is 2.25. The first-order chi connectivity index (χ1) is 14.1. The van der Waals surface area contributed by atoms with Crippen LogP contribution in [0.3, 0.4) is 0 Å². The lowest BCUT2D eigenvalue weighted by Gasteiger charge is -2.35. The quantitative estimate of drug-likeness (QED) is 0.820. The van der Waals surface area contributed by atoms with Gasteiger partial charge in [0, 0.05) is 50.2 Å². The zero-order valence-corrected chi connectivity index (χ0v) is 17.7. The fourth-order valence-corrected chi connectivity index (χ4v) is 5.52. The van der Waals surface area contributed by atoms with Gasteiger partial charge in [0.15, 0.2) is 0 Å². The number of rotatable bonds is 5. The number of aromatic nitrogens is 1. The molecule has 29 heavy (non-hydrogen) atoms. The molecule has 7 heteroatoms. The van der Waals surface area contributed by atoms with Crippen LogP contribution in [-0.2, 0) is 17.6 Å². The van der Waals surface area contributed by atoms with E-state index in [2.05, 4.69) is 33.1 Å². The summed E-state index contributed by atoms with van der Waals surface area (Å²) in [5, 5.41) is 13.3. The summed E-state index contributed by atoms with van der Waals surface area (Å²) in [5.74, 6) is 1.67. The van der Waals surface area contributed by atoms with Gasteiger partial charge in [-0.15, -0.1) is 11.3 Å². The average Bonchev–Trinajstić information content (AvgIpc) is 3.09. The highest BCUT2D eigenvalue weighted by Crippen LogP contribution is 2.39. The second kappa shape index (κ2) is 8.93. The number of carbonyl (C=O) groups excluding carboxylic acids is 1. The van der Waals surface area contributed by atoms with Crippen molar-refractivity contribution in [3.63, 3.8) is 0 Å². The van der Waals surface area contributed by atoms with E-state index < -0.39 is 0 Å². The van der Waals surface area contributed by atoms with Gasteiger partial charge >= 0.3 is 0 Å². The number of carbonyl (C=O) groups is 1. The normalized spacial score (nSPS) is 19.4. The number of hydrogen-bond acceptors (Lipinski definition) is 6. The number of nitrogens with one attached hydrogen (secondary N) is 1. The molecule has 1 aliphatic carbocycles. The molecule has 0 saturated carbocycles. The van der Waals surface area contributed by atoms with Crippen LogP contribution in [0.2, 0.25) is 0 Å². The number of fused-ring (bicyclic) bond motifs is 1. The monoisotopic (exact) mass is 409 g/mol. The summed E-state index contributed by atoms with van der Waals surface area (Å²) in [6.45, 7) is 6.70. The maximum Gasteiger partial charge on any atom is 0.226 e. The van der Waals surface area contributed by atoms with Crippen LogP contribution in [-0.4, -0.2) is 48.5 Å². The van der Waals surface area contributed by atoms with E-state index in [1.54, 1.807) is 11.3 Å². The van der Waals surface area contributed by atoms with Crippen molar-refractivity contribution >= 4 is 28.1 Å². The summed E-state index contributed by atoms with van der Waals surface area (Å²) >= 11 is 1.60. The summed E-state index contributed by atoms with van der Waals surface area (Å²) < 4.78 is 0. The van der Waals surface area contributed by atoms with Crippen LogP contribution in [0, 0.1) is 17.2 Å². The molecule has 1 atom stereocenters. The third-order valence-corrected chi connectivity index (χ3v) is 7.05. The minimum Gasteiger partial charge on any atom is -0.354 e. The van der Waals surface area contributed by atoms with Crippen molar-refractivity contribution < 1.29 is 4.79 Å². The number of piperazine rings is 1. The molecule has 0 radical (unpaired) electrons. The molecule has 2 aromatic rings. The molecule has 6 nitrogen and oxygen atoms in total. The second-order valence-electron chi connectivity index (χ2n) is 7.98. The lowest BCUT2D eigenvalue weighted by Crippen LogP contribution is -2.47. The number of anilines is 2. The first-order valence-electron chi connectivity index (χ1n) is 10.4. The van der Waals surface area contributed by atoms with Crippen molar-refractivity contribution in [3.8, 4) is 6.07 Å². The van der Waals surface area contributed by atoms with Gasteiger partial charge in [0.2, 0.25) is 5.91 Å². The number of nitrogens with zero attached hydrogens (tertiary/aromatic N) is 4. The predicted molar refractivity (Wildman–Crippen MR) is 116 cm³/mol. The molecule has 0 bridgehead atoms. The average molecular weight is 410 g/mol. The maximum absolute atomic E-state index is 12.5. The minimum atomic E-state index is 0.000279. The number of thiophene rings is 1. The van der Waals surface area contributed by atoms with E-state index in [0.717, 1.165) is 68.4 Å². The highest BCUT2D eigenvalue weighted by atomic mass is 32.1. The molecule has 4 rings (SSSR count). The summed E-state index contributed by atoms with van der Waals surface area (Å²) in [7, 11) is 0. The third-order valence-electron chi connectivity index (χ3n) is 5.88. The molecule has 0 unspecified atom stereocenters. The van der Waals surface area contributed by atoms with E-state index >= 15 is 0 Å². The number of pyridine rings is 1. The van der Waals surface area contributed by atoms with Gasteiger partial charge in [0.05, 0.1) is 5.56 Å². The lowest BCUT2D eigenvalue weighted by atomic mass is 9.89. The Kier molecular flexibility index (Phi) is 6.12. The van der Waals surface area contributed by atoms with Crippen molar-refractivity contribution in [1.29, 1.82) is 5.26 Å². The van der Waals surface area contributed by atoms with Crippen molar-refractivity contribution in [3.05, 3.63) is 40.4 Å². The van der Waals surface area contributed by atoms with Gasteiger partial charge in [0.1, 0.15) is 16.9 Å². The van der Waals surface area contributed by atoms with E-state index in [1.165, 1.54) is 4.88 Å². The fourth-order valence-electron chi connectivity index (χ4n) is 4.15. The SMILES string of the molecule is C[C@@H]1CCc2c(sc(NC(=O)CCN3CCN(c4ccccn4)CC3)c2C#N)C1. The van der Waals surface area contributed by atoms with E-state index in [-0.39, 0.29) is 5.91 Å². The van der Waals surface area contributed by atoms with Crippen molar-refractivity contribution in [2.45, 2.75) is 32.6 Å². The smallest absolute Gasteiger partial charge is 0.226 e. The molecular formula is C22H27N5OS. The van der Waals surface area contributed by atoms with Gasteiger partial charge in [-0.3, -0.25) is 9.69 Å². The van der Waals surface area contributed by atoms with E-state index in [4.69, 9.17) is 0 Å². The third kappa shape index (κ3) is 4.60. The number of nitriles is 1. The lowest BCUT2D eigenvalue weighted by molar-refractivity contribution is -0.116. The Morgan fingerprint density at radius 1 is 1.34 bits per heavy atom.